The highest BCUT2D eigenvalue weighted by Crippen LogP contribution is 2.18. The van der Waals surface area contributed by atoms with Gasteiger partial charge in [-0.2, -0.15) is 0 Å². The molecule has 2 heterocycles. The van der Waals surface area contributed by atoms with E-state index in [1.165, 1.54) is 0 Å². The van der Waals surface area contributed by atoms with Crippen molar-refractivity contribution in [1.82, 2.24) is 9.55 Å². The highest BCUT2D eigenvalue weighted by Gasteiger charge is 2.14. The van der Waals surface area contributed by atoms with Gasteiger partial charge in [-0.3, -0.25) is 0 Å². The second-order valence-electron chi connectivity index (χ2n) is 5.70. The summed E-state index contributed by atoms with van der Waals surface area (Å²) in [5, 5.41) is 21.4. The number of hydrogen-bond donors (Lipinski definition) is 2. The normalized spacial score (nSPS) is 12.8. The third-order valence-electron chi connectivity index (χ3n) is 3.82. The topological polar surface area (TPSA) is 67.5 Å². The van der Waals surface area contributed by atoms with Crippen molar-refractivity contribution in [1.29, 1.82) is 0 Å². The molecular formula is C18H22N2O3S. The molecule has 0 spiro atoms. The number of ether oxygens (including phenoxy) is 1. The molecule has 1 aromatic carbocycles. The van der Waals surface area contributed by atoms with E-state index in [2.05, 4.69) is 4.98 Å². The van der Waals surface area contributed by atoms with E-state index in [0.717, 1.165) is 21.7 Å². The Morgan fingerprint density at radius 3 is 2.88 bits per heavy atom. The first kappa shape index (κ1) is 17.1. The van der Waals surface area contributed by atoms with Crippen LogP contribution in [-0.2, 0) is 24.3 Å². The predicted octanol–water partition coefficient (Wildman–Crippen LogP) is 2.60. The van der Waals surface area contributed by atoms with Crippen LogP contribution in [0.3, 0.4) is 0 Å². The summed E-state index contributed by atoms with van der Waals surface area (Å²) < 4.78 is 7.64. The molecule has 0 saturated carbocycles. The van der Waals surface area contributed by atoms with Gasteiger partial charge in [0.25, 0.3) is 0 Å². The largest absolute Gasteiger partial charge is 0.396 e. The average molecular weight is 346 g/mol. The molecule has 0 radical (unpaired) electrons. The summed E-state index contributed by atoms with van der Waals surface area (Å²) in [5.41, 5.74) is 1.92. The van der Waals surface area contributed by atoms with Crippen molar-refractivity contribution < 1.29 is 14.9 Å². The van der Waals surface area contributed by atoms with Gasteiger partial charge in [-0.25, -0.2) is 4.98 Å². The van der Waals surface area contributed by atoms with Crippen molar-refractivity contribution in [2.75, 3.05) is 13.2 Å². The third-order valence-corrected chi connectivity index (χ3v) is 4.67. The number of imidazole rings is 1. The first-order chi connectivity index (χ1) is 11.8. The lowest BCUT2D eigenvalue weighted by atomic mass is 10.3. The number of aromatic nitrogens is 2. The van der Waals surface area contributed by atoms with Crippen LogP contribution in [0.4, 0.5) is 0 Å². The van der Waals surface area contributed by atoms with Gasteiger partial charge in [-0.15, -0.1) is 11.3 Å². The number of aliphatic hydroxyl groups excluding tert-OH is 2. The molecule has 6 heteroatoms. The van der Waals surface area contributed by atoms with Gasteiger partial charge in [0.1, 0.15) is 5.82 Å². The zero-order chi connectivity index (χ0) is 16.8. The summed E-state index contributed by atoms with van der Waals surface area (Å²) in [6.07, 6.45) is 0.748. The van der Waals surface area contributed by atoms with Crippen molar-refractivity contribution in [2.45, 2.75) is 32.1 Å². The van der Waals surface area contributed by atoms with Crippen molar-refractivity contribution in [3.05, 3.63) is 52.5 Å². The molecule has 3 aromatic rings. The average Bonchev–Trinajstić information content (AvgIpc) is 3.21. The highest BCUT2D eigenvalue weighted by atomic mass is 32.1. The van der Waals surface area contributed by atoms with E-state index in [-0.39, 0.29) is 13.2 Å². The molecule has 0 aliphatic heterocycles. The van der Waals surface area contributed by atoms with Gasteiger partial charge >= 0.3 is 0 Å². The number of benzene rings is 1. The highest BCUT2D eigenvalue weighted by molar-refractivity contribution is 7.09. The quantitative estimate of drug-likeness (QED) is 0.625. The summed E-state index contributed by atoms with van der Waals surface area (Å²) in [6.45, 7) is 1.38. The van der Waals surface area contributed by atoms with E-state index in [0.29, 0.717) is 26.0 Å². The Morgan fingerprint density at radius 1 is 1.21 bits per heavy atom. The number of aliphatic hydroxyl groups is 2. The van der Waals surface area contributed by atoms with E-state index in [9.17, 15) is 5.11 Å². The summed E-state index contributed by atoms with van der Waals surface area (Å²) in [7, 11) is 0. The minimum atomic E-state index is -0.601. The van der Waals surface area contributed by atoms with Crippen LogP contribution in [0.15, 0.2) is 41.8 Å². The lowest BCUT2D eigenvalue weighted by Crippen LogP contribution is -2.23. The second kappa shape index (κ2) is 8.39. The first-order valence-electron chi connectivity index (χ1n) is 8.11. The minimum Gasteiger partial charge on any atom is -0.396 e. The number of para-hydroxylation sites is 2. The molecule has 0 fully saturated rings. The van der Waals surface area contributed by atoms with Crippen molar-refractivity contribution in [2.24, 2.45) is 0 Å². The van der Waals surface area contributed by atoms with Gasteiger partial charge in [-0.1, -0.05) is 18.2 Å². The molecule has 2 N–H and O–H groups in total. The first-order valence-corrected chi connectivity index (χ1v) is 8.99. The Balaban J connectivity index is 1.65. The Labute approximate surface area is 145 Å². The number of rotatable bonds is 9. The number of aryl methyl sites for hydroxylation is 1. The molecule has 1 unspecified atom stereocenters. The summed E-state index contributed by atoms with van der Waals surface area (Å²) >= 11 is 1.65. The SMILES string of the molecule is OCCCc1nc2ccccc2n1CC(O)COCc1cccs1. The maximum Gasteiger partial charge on any atom is 0.110 e. The third kappa shape index (κ3) is 4.21. The van der Waals surface area contributed by atoms with Crippen LogP contribution in [0, 0.1) is 0 Å². The van der Waals surface area contributed by atoms with Gasteiger partial charge in [-0.05, 0) is 30.0 Å². The predicted molar refractivity (Wildman–Crippen MR) is 95.1 cm³/mol. The monoisotopic (exact) mass is 346 g/mol. The van der Waals surface area contributed by atoms with E-state index in [1.54, 1.807) is 11.3 Å². The van der Waals surface area contributed by atoms with E-state index in [1.807, 2.05) is 46.3 Å². The molecule has 128 valence electrons. The van der Waals surface area contributed by atoms with E-state index in [4.69, 9.17) is 9.84 Å². The Morgan fingerprint density at radius 2 is 2.08 bits per heavy atom. The number of thiophene rings is 1. The molecule has 0 bridgehead atoms. The molecule has 3 rings (SSSR count). The van der Waals surface area contributed by atoms with Gasteiger partial charge in [0, 0.05) is 17.9 Å². The zero-order valence-corrected chi connectivity index (χ0v) is 14.3. The zero-order valence-electron chi connectivity index (χ0n) is 13.5. The molecule has 0 amide bonds. The maximum absolute atomic E-state index is 10.3. The molecule has 0 aliphatic carbocycles. The van der Waals surface area contributed by atoms with Crippen LogP contribution >= 0.6 is 11.3 Å². The molecule has 0 aliphatic rings. The lowest BCUT2D eigenvalue weighted by Gasteiger charge is -2.15. The van der Waals surface area contributed by atoms with Gasteiger partial charge in [0.15, 0.2) is 0 Å². The fourth-order valence-electron chi connectivity index (χ4n) is 2.71. The Hall–Kier alpha value is -1.73. The van der Waals surface area contributed by atoms with Gasteiger partial charge < -0.3 is 19.5 Å². The smallest absolute Gasteiger partial charge is 0.110 e. The maximum atomic E-state index is 10.3. The minimum absolute atomic E-state index is 0.135. The Kier molecular flexibility index (Phi) is 5.98. The summed E-state index contributed by atoms with van der Waals surface area (Å²) in [5.74, 6) is 0.891. The molecule has 5 nitrogen and oxygen atoms in total. The van der Waals surface area contributed by atoms with E-state index < -0.39 is 6.10 Å². The summed E-state index contributed by atoms with van der Waals surface area (Å²) in [6, 6.07) is 11.9. The second-order valence-corrected chi connectivity index (χ2v) is 6.74. The number of hydrogen-bond acceptors (Lipinski definition) is 5. The standard InChI is InChI=1S/C18H22N2O3S/c21-9-3-8-18-19-16-6-1-2-7-17(16)20(18)11-14(22)12-23-13-15-5-4-10-24-15/h1-2,4-7,10,14,21-22H,3,8-9,11-13H2. The van der Waals surface area contributed by atoms with Crippen molar-refractivity contribution in [3.63, 3.8) is 0 Å². The lowest BCUT2D eigenvalue weighted by molar-refractivity contribution is 0.0214. The van der Waals surface area contributed by atoms with Gasteiger partial charge in [0.05, 0.1) is 36.9 Å². The van der Waals surface area contributed by atoms with Crippen molar-refractivity contribution >= 4 is 22.4 Å². The molecule has 0 saturated heterocycles. The molecule has 2 aromatic heterocycles. The Bertz CT molecular complexity index is 755. The fourth-order valence-corrected chi connectivity index (χ4v) is 3.35. The molecular weight excluding hydrogens is 324 g/mol. The number of fused-ring (bicyclic) bond motifs is 1. The van der Waals surface area contributed by atoms with Gasteiger partial charge in [0.2, 0.25) is 0 Å². The number of nitrogens with zero attached hydrogens (tertiary/aromatic N) is 2. The van der Waals surface area contributed by atoms with Crippen LogP contribution in [0.5, 0.6) is 0 Å². The summed E-state index contributed by atoms with van der Waals surface area (Å²) in [4.78, 5) is 5.78. The molecule has 24 heavy (non-hydrogen) atoms. The fraction of sp³-hybridized carbons (Fsp3) is 0.389. The van der Waals surface area contributed by atoms with Crippen LogP contribution in [0.1, 0.15) is 17.1 Å². The van der Waals surface area contributed by atoms with Crippen LogP contribution in [0.2, 0.25) is 0 Å². The van der Waals surface area contributed by atoms with Crippen LogP contribution in [0.25, 0.3) is 11.0 Å². The van der Waals surface area contributed by atoms with Crippen LogP contribution in [-0.4, -0.2) is 39.1 Å². The van der Waals surface area contributed by atoms with E-state index >= 15 is 0 Å². The van der Waals surface area contributed by atoms with Crippen LogP contribution < -0.4 is 0 Å². The molecule has 1 atom stereocenters. The van der Waals surface area contributed by atoms with Crippen molar-refractivity contribution in [3.8, 4) is 0 Å².